The normalized spacial score (nSPS) is 12.5. The van der Waals surface area contributed by atoms with E-state index in [1.165, 1.54) is 12.1 Å². The minimum Gasteiger partial charge on any atom is -0.383 e. The van der Waals surface area contributed by atoms with Gasteiger partial charge in [-0.1, -0.05) is 22.8 Å². The molecule has 0 aliphatic heterocycles. The van der Waals surface area contributed by atoms with E-state index in [9.17, 15) is 4.39 Å². The van der Waals surface area contributed by atoms with Crippen LogP contribution < -0.4 is 0 Å². The number of rotatable bonds is 4. The molecule has 0 saturated heterocycles. The molecule has 4 nitrogen and oxygen atoms in total. The Bertz CT molecular complexity index is 915. The van der Waals surface area contributed by atoms with E-state index in [0.717, 1.165) is 11.3 Å². The number of halogens is 2. The van der Waals surface area contributed by atoms with E-state index in [1.54, 1.807) is 23.2 Å². The van der Waals surface area contributed by atoms with Gasteiger partial charge in [-0.25, -0.2) is 9.37 Å². The second kappa shape index (κ2) is 6.52. The van der Waals surface area contributed by atoms with Gasteiger partial charge < -0.3 is 9.42 Å². The average molecular weight is 352 g/mol. The van der Waals surface area contributed by atoms with Gasteiger partial charge in [-0.2, -0.15) is 0 Å². The molecule has 2 heterocycles. The van der Waals surface area contributed by atoms with Gasteiger partial charge in [0.2, 0.25) is 0 Å². The van der Waals surface area contributed by atoms with E-state index >= 15 is 0 Å². The molecule has 0 aliphatic carbocycles. The SMILES string of the molecule is [2H]c1nc(-c2c(-c3c(F)cccc3Cl)noc2/C=C/N(C)C)sc1[2H]. The van der Waals surface area contributed by atoms with Gasteiger partial charge in [-0.3, -0.25) is 0 Å². The van der Waals surface area contributed by atoms with Crippen molar-refractivity contribution in [1.82, 2.24) is 15.0 Å². The van der Waals surface area contributed by atoms with Crippen molar-refractivity contribution < 1.29 is 11.7 Å². The van der Waals surface area contributed by atoms with Crippen molar-refractivity contribution in [2.45, 2.75) is 0 Å². The van der Waals surface area contributed by atoms with Crippen molar-refractivity contribution in [1.29, 1.82) is 0 Å². The largest absolute Gasteiger partial charge is 0.383 e. The molecule has 1 aromatic carbocycles. The first kappa shape index (κ1) is 13.3. The second-order valence-electron chi connectivity index (χ2n) is 4.88. The summed E-state index contributed by atoms with van der Waals surface area (Å²) in [6, 6.07) is 4.34. The fourth-order valence-electron chi connectivity index (χ4n) is 2.01. The Morgan fingerprint density at radius 3 is 2.87 bits per heavy atom. The van der Waals surface area contributed by atoms with Crippen molar-refractivity contribution in [3.8, 4) is 21.8 Å². The summed E-state index contributed by atoms with van der Waals surface area (Å²) in [4.78, 5) is 5.87. The van der Waals surface area contributed by atoms with E-state index in [4.69, 9.17) is 18.9 Å². The topological polar surface area (TPSA) is 42.2 Å². The third kappa shape index (κ3) is 3.13. The molecule has 0 N–H and O–H groups in total. The Hall–Kier alpha value is -2.18. The molecule has 118 valence electrons. The monoisotopic (exact) mass is 351 g/mol. The number of hydrogen-bond acceptors (Lipinski definition) is 5. The van der Waals surface area contributed by atoms with E-state index in [-0.39, 0.29) is 27.8 Å². The number of benzene rings is 1. The molecule has 3 rings (SSSR count). The number of aromatic nitrogens is 2. The minimum atomic E-state index is -0.543. The lowest BCUT2D eigenvalue weighted by Crippen LogP contribution is -1.99. The highest BCUT2D eigenvalue weighted by molar-refractivity contribution is 7.13. The van der Waals surface area contributed by atoms with E-state index in [2.05, 4.69) is 10.1 Å². The minimum absolute atomic E-state index is 0.00400. The van der Waals surface area contributed by atoms with Crippen LogP contribution in [-0.4, -0.2) is 29.1 Å². The zero-order chi connectivity index (χ0) is 18.1. The van der Waals surface area contributed by atoms with Crippen molar-refractivity contribution >= 4 is 29.0 Å². The maximum atomic E-state index is 14.4. The van der Waals surface area contributed by atoms with Gasteiger partial charge in [0.25, 0.3) is 0 Å². The molecule has 7 heteroatoms. The molecule has 0 unspecified atom stereocenters. The predicted octanol–water partition coefficient (Wildman–Crippen LogP) is 4.79. The van der Waals surface area contributed by atoms with Crippen LogP contribution in [0.3, 0.4) is 0 Å². The van der Waals surface area contributed by atoms with Crippen LogP contribution in [0.25, 0.3) is 27.9 Å². The Morgan fingerprint density at radius 2 is 2.22 bits per heavy atom. The highest BCUT2D eigenvalue weighted by Gasteiger charge is 2.23. The molecule has 0 spiro atoms. The highest BCUT2D eigenvalue weighted by Crippen LogP contribution is 2.40. The number of nitrogens with zero attached hydrogens (tertiary/aromatic N) is 3. The van der Waals surface area contributed by atoms with Crippen LogP contribution in [0.4, 0.5) is 4.39 Å². The fourth-order valence-corrected chi connectivity index (χ4v) is 2.84. The lowest BCUT2D eigenvalue weighted by Gasteiger charge is -2.05. The zero-order valence-corrected chi connectivity index (χ0v) is 13.9. The third-order valence-electron chi connectivity index (χ3n) is 3.01. The lowest BCUT2D eigenvalue weighted by molar-refractivity contribution is 0.414. The standard InChI is InChI=1S/C16H13ClFN3OS/c1-21(2)8-6-12-14(16-19-7-9-23-16)15(20-22-12)13-10(17)4-3-5-11(13)18/h3-9H,1-2H3/b8-6+/i7D,9D. The molecule has 0 aliphatic rings. The summed E-state index contributed by atoms with van der Waals surface area (Å²) in [6.45, 7) is 0. The fraction of sp³-hybridized carbons (Fsp3) is 0.125. The van der Waals surface area contributed by atoms with Crippen molar-refractivity contribution in [2.24, 2.45) is 0 Å². The molecule has 0 radical (unpaired) electrons. The van der Waals surface area contributed by atoms with Crippen molar-refractivity contribution in [2.75, 3.05) is 14.1 Å². The molecule has 0 saturated carbocycles. The van der Waals surface area contributed by atoms with E-state index in [0.29, 0.717) is 16.3 Å². The summed E-state index contributed by atoms with van der Waals surface area (Å²) in [5.74, 6) is -0.198. The third-order valence-corrected chi connectivity index (χ3v) is 4.00. The first-order valence-electron chi connectivity index (χ1n) is 7.61. The van der Waals surface area contributed by atoms with Crippen LogP contribution >= 0.6 is 22.9 Å². The highest BCUT2D eigenvalue weighted by atomic mass is 35.5. The summed E-state index contributed by atoms with van der Waals surface area (Å²) < 4.78 is 35.1. The number of thiazole rings is 1. The maximum Gasteiger partial charge on any atom is 0.172 e. The van der Waals surface area contributed by atoms with Gasteiger partial charge in [0.1, 0.15) is 16.5 Å². The number of hydrogen-bond donors (Lipinski definition) is 0. The van der Waals surface area contributed by atoms with Gasteiger partial charge in [0.05, 0.1) is 18.9 Å². The molecular weight excluding hydrogens is 337 g/mol. The molecule has 0 amide bonds. The van der Waals surface area contributed by atoms with Crippen LogP contribution in [0.5, 0.6) is 0 Å². The second-order valence-corrected chi connectivity index (χ2v) is 6.08. The van der Waals surface area contributed by atoms with E-state index < -0.39 is 5.82 Å². The summed E-state index contributed by atoms with van der Waals surface area (Å²) in [7, 11) is 3.68. The summed E-state index contributed by atoms with van der Waals surface area (Å²) in [5, 5.41) is 4.52. The Kier molecular flexibility index (Phi) is 3.76. The molecule has 0 atom stereocenters. The maximum absolute atomic E-state index is 14.4. The molecule has 23 heavy (non-hydrogen) atoms. The molecule has 0 fully saturated rings. The predicted molar refractivity (Wildman–Crippen MR) is 90.7 cm³/mol. The van der Waals surface area contributed by atoms with Gasteiger partial charge in [0.15, 0.2) is 5.76 Å². The lowest BCUT2D eigenvalue weighted by atomic mass is 10.1. The van der Waals surface area contributed by atoms with Gasteiger partial charge >= 0.3 is 0 Å². The summed E-state index contributed by atoms with van der Waals surface area (Å²) in [6.07, 6.45) is 3.25. The van der Waals surface area contributed by atoms with Gasteiger partial charge in [-0.15, -0.1) is 11.3 Å². The van der Waals surface area contributed by atoms with Crippen LogP contribution in [0.1, 0.15) is 8.50 Å². The van der Waals surface area contributed by atoms with E-state index in [1.807, 2.05) is 14.1 Å². The zero-order valence-electron chi connectivity index (χ0n) is 14.3. The van der Waals surface area contributed by atoms with Crippen LogP contribution in [0.2, 0.25) is 5.02 Å². The van der Waals surface area contributed by atoms with Gasteiger partial charge in [0, 0.05) is 37.9 Å². The van der Waals surface area contributed by atoms with Crippen LogP contribution in [0.15, 0.2) is 40.5 Å². The smallest absolute Gasteiger partial charge is 0.172 e. The van der Waals surface area contributed by atoms with Crippen molar-refractivity contribution in [3.63, 3.8) is 0 Å². The molecule has 3 aromatic rings. The van der Waals surface area contributed by atoms with Crippen LogP contribution in [-0.2, 0) is 0 Å². The van der Waals surface area contributed by atoms with Gasteiger partial charge in [-0.05, 0) is 12.1 Å². The quantitative estimate of drug-likeness (QED) is 0.677. The molecule has 0 bridgehead atoms. The Morgan fingerprint density at radius 1 is 1.39 bits per heavy atom. The summed E-state index contributed by atoms with van der Waals surface area (Å²) >= 11 is 7.15. The summed E-state index contributed by atoms with van der Waals surface area (Å²) in [5.41, 5.74) is 0.693. The Balaban J connectivity index is 2.26. The first-order valence-corrected chi connectivity index (χ1v) is 7.81. The van der Waals surface area contributed by atoms with Crippen molar-refractivity contribution in [3.05, 3.63) is 52.5 Å². The Labute approximate surface area is 144 Å². The van der Waals surface area contributed by atoms with Crippen LogP contribution in [0, 0.1) is 5.82 Å². The molecular formula is C16H13ClFN3OS. The first-order chi connectivity index (χ1) is 11.9. The average Bonchev–Trinajstić information content (AvgIpc) is 3.09. The molecule has 2 aromatic heterocycles.